The topological polar surface area (TPSA) is 78.4 Å². The first-order chi connectivity index (χ1) is 9.61. The van der Waals surface area contributed by atoms with Crippen molar-refractivity contribution in [3.63, 3.8) is 0 Å². The molecule has 2 bridgehead atoms. The molecule has 0 spiro atoms. The highest BCUT2D eigenvalue weighted by atomic mass is 16.4. The summed E-state index contributed by atoms with van der Waals surface area (Å²) in [5.74, 6) is -0.724. The van der Waals surface area contributed by atoms with Gasteiger partial charge in [-0.2, -0.15) is 0 Å². The van der Waals surface area contributed by atoms with Crippen molar-refractivity contribution in [3.8, 4) is 0 Å². The van der Waals surface area contributed by atoms with Gasteiger partial charge < -0.3 is 15.7 Å². The number of amides is 1. The fraction of sp³-hybridized carbons (Fsp3) is 0.467. The van der Waals surface area contributed by atoms with Crippen LogP contribution in [0.1, 0.15) is 24.8 Å². The monoisotopic (exact) mass is 274 g/mol. The van der Waals surface area contributed by atoms with Crippen LogP contribution in [0.25, 0.3) is 0 Å². The molecule has 3 rings (SSSR count). The lowest BCUT2D eigenvalue weighted by atomic mass is 9.88. The van der Waals surface area contributed by atoms with Crippen molar-refractivity contribution < 1.29 is 14.7 Å². The molecule has 20 heavy (non-hydrogen) atoms. The number of nitrogens with one attached hydrogen (secondary N) is 2. The van der Waals surface area contributed by atoms with Crippen molar-refractivity contribution in [2.75, 3.05) is 5.32 Å². The van der Waals surface area contributed by atoms with Crippen LogP contribution < -0.4 is 10.6 Å². The Balaban J connectivity index is 1.60. The maximum atomic E-state index is 12.2. The fourth-order valence-electron chi connectivity index (χ4n) is 3.23. The molecule has 0 aromatic heterocycles. The van der Waals surface area contributed by atoms with E-state index >= 15 is 0 Å². The molecule has 0 radical (unpaired) electrons. The van der Waals surface area contributed by atoms with Gasteiger partial charge in [0.2, 0.25) is 5.91 Å². The molecule has 2 heterocycles. The number of benzene rings is 1. The van der Waals surface area contributed by atoms with Gasteiger partial charge in [0.25, 0.3) is 0 Å². The summed E-state index contributed by atoms with van der Waals surface area (Å²) in [5, 5.41) is 15.1. The number of carbonyl (C=O) groups excluding carboxylic acids is 1. The average molecular weight is 274 g/mol. The second-order valence-electron chi connectivity index (χ2n) is 5.65. The molecule has 0 aliphatic carbocycles. The third-order valence-electron chi connectivity index (χ3n) is 4.21. The van der Waals surface area contributed by atoms with E-state index in [1.807, 2.05) is 0 Å². The molecular weight excluding hydrogens is 256 g/mol. The summed E-state index contributed by atoms with van der Waals surface area (Å²) in [6, 6.07) is 7.83. The van der Waals surface area contributed by atoms with Crippen molar-refractivity contribution in [2.24, 2.45) is 5.92 Å². The van der Waals surface area contributed by atoms with E-state index in [-0.39, 0.29) is 18.2 Å². The second kappa shape index (κ2) is 5.25. The Morgan fingerprint density at radius 3 is 2.55 bits per heavy atom. The minimum atomic E-state index is -0.852. The van der Waals surface area contributed by atoms with E-state index in [0.717, 1.165) is 24.1 Å². The minimum absolute atomic E-state index is 0.00449. The SMILES string of the molecule is O=C(O)Cc1ccc(NC(=O)C2CC3CCC2N3)cc1. The zero-order valence-electron chi connectivity index (χ0n) is 11.1. The first-order valence-electron chi connectivity index (χ1n) is 6.99. The Hall–Kier alpha value is -1.88. The molecule has 5 heteroatoms. The van der Waals surface area contributed by atoms with Crippen molar-refractivity contribution in [1.82, 2.24) is 5.32 Å². The third kappa shape index (κ3) is 2.67. The average Bonchev–Trinajstić information content (AvgIpc) is 3.03. The highest BCUT2D eigenvalue weighted by molar-refractivity contribution is 5.93. The van der Waals surface area contributed by atoms with E-state index in [2.05, 4.69) is 10.6 Å². The van der Waals surface area contributed by atoms with Crippen LogP contribution in [-0.2, 0) is 16.0 Å². The van der Waals surface area contributed by atoms with Crippen LogP contribution in [0.2, 0.25) is 0 Å². The first-order valence-corrected chi connectivity index (χ1v) is 6.99. The number of rotatable bonds is 4. The van der Waals surface area contributed by atoms with Crippen LogP contribution in [0, 0.1) is 5.92 Å². The zero-order valence-corrected chi connectivity index (χ0v) is 11.1. The maximum Gasteiger partial charge on any atom is 0.307 e. The zero-order chi connectivity index (χ0) is 14.1. The van der Waals surface area contributed by atoms with Gasteiger partial charge in [0, 0.05) is 17.8 Å². The Bertz CT molecular complexity index is 526. The number of carbonyl (C=O) groups is 2. The molecule has 2 saturated heterocycles. The maximum absolute atomic E-state index is 12.2. The summed E-state index contributed by atoms with van der Waals surface area (Å²) in [6.07, 6.45) is 3.19. The molecule has 3 atom stereocenters. The molecule has 1 aromatic carbocycles. The summed E-state index contributed by atoms with van der Waals surface area (Å²) in [6.45, 7) is 0. The summed E-state index contributed by atoms with van der Waals surface area (Å²) >= 11 is 0. The van der Waals surface area contributed by atoms with Gasteiger partial charge >= 0.3 is 5.97 Å². The summed E-state index contributed by atoms with van der Waals surface area (Å²) in [4.78, 5) is 22.8. The number of anilines is 1. The van der Waals surface area contributed by atoms with Crippen LogP contribution in [-0.4, -0.2) is 29.1 Å². The second-order valence-corrected chi connectivity index (χ2v) is 5.65. The molecule has 106 valence electrons. The van der Waals surface area contributed by atoms with Gasteiger partial charge in [-0.05, 0) is 37.0 Å². The van der Waals surface area contributed by atoms with Crippen molar-refractivity contribution in [3.05, 3.63) is 29.8 Å². The number of hydrogen-bond donors (Lipinski definition) is 3. The largest absolute Gasteiger partial charge is 0.481 e. The molecule has 1 amide bonds. The summed E-state index contributed by atoms with van der Waals surface area (Å²) < 4.78 is 0. The number of carboxylic acid groups (broad SMARTS) is 1. The Kier molecular flexibility index (Phi) is 3.44. The number of aliphatic carboxylic acids is 1. The van der Waals surface area contributed by atoms with Crippen molar-refractivity contribution in [1.29, 1.82) is 0 Å². The van der Waals surface area contributed by atoms with Gasteiger partial charge in [0.1, 0.15) is 0 Å². The Labute approximate surface area is 117 Å². The van der Waals surface area contributed by atoms with Gasteiger partial charge in [0.05, 0.1) is 12.3 Å². The third-order valence-corrected chi connectivity index (χ3v) is 4.21. The predicted molar refractivity (Wildman–Crippen MR) is 74.5 cm³/mol. The molecule has 5 nitrogen and oxygen atoms in total. The van der Waals surface area contributed by atoms with E-state index in [4.69, 9.17) is 5.11 Å². The smallest absolute Gasteiger partial charge is 0.307 e. The molecule has 0 saturated carbocycles. The minimum Gasteiger partial charge on any atom is -0.481 e. The van der Waals surface area contributed by atoms with E-state index in [9.17, 15) is 9.59 Å². The molecule has 2 aliphatic rings. The first kappa shape index (κ1) is 13.1. The van der Waals surface area contributed by atoms with Crippen molar-refractivity contribution >= 4 is 17.6 Å². The van der Waals surface area contributed by atoms with Crippen LogP contribution in [0.4, 0.5) is 5.69 Å². The standard InChI is InChI=1S/C15H18N2O3/c18-14(19)7-9-1-3-10(4-2-9)17-15(20)12-8-11-5-6-13(12)16-11/h1-4,11-13,16H,5-8H2,(H,17,20)(H,18,19). The van der Waals surface area contributed by atoms with Crippen LogP contribution in [0.15, 0.2) is 24.3 Å². The molecule has 3 N–H and O–H groups in total. The summed E-state index contributed by atoms with van der Waals surface area (Å²) in [5.41, 5.74) is 1.46. The normalized spacial score (nSPS) is 27.5. The van der Waals surface area contributed by atoms with Gasteiger partial charge in [0.15, 0.2) is 0 Å². The lowest BCUT2D eigenvalue weighted by molar-refractivity contribution is -0.136. The Morgan fingerprint density at radius 1 is 1.25 bits per heavy atom. The van der Waals surface area contributed by atoms with E-state index in [1.165, 1.54) is 6.42 Å². The van der Waals surface area contributed by atoms with Gasteiger partial charge in [-0.3, -0.25) is 9.59 Å². The quantitative estimate of drug-likeness (QED) is 0.775. The predicted octanol–water partition coefficient (Wildman–Crippen LogP) is 1.39. The molecule has 2 fully saturated rings. The van der Waals surface area contributed by atoms with Crippen LogP contribution in [0.5, 0.6) is 0 Å². The number of carboxylic acids is 1. The number of hydrogen-bond acceptors (Lipinski definition) is 3. The van der Waals surface area contributed by atoms with E-state index in [0.29, 0.717) is 12.1 Å². The summed E-state index contributed by atoms with van der Waals surface area (Å²) in [7, 11) is 0. The van der Waals surface area contributed by atoms with E-state index < -0.39 is 5.97 Å². The van der Waals surface area contributed by atoms with Gasteiger partial charge in [-0.15, -0.1) is 0 Å². The van der Waals surface area contributed by atoms with Gasteiger partial charge in [-0.25, -0.2) is 0 Å². The van der Waals surface area contributed by atoms with Crippen LogP contribution in [0.3, 0.4) is 0 Å². The van der Waals surface area contributed by atoms with Gasteiger partial charge in [-0.1, -0.05) is 12.1 Å². The highest BCUT2D eigenvalue weighted by Crippen LogP contribution is 2.33. The lowest BCUT2D eigenvalue weighted by Crippen LogP contribution is -2.32. The van der Waals surface area contributed by atoms with Crippen molar-refractivity contribution in [2.45, 2.75) is 37.8 Å². The Morgan fingerprint density at radius 2 is 2.00 bits per heavy atom. The highest BCUT2D eigenvalue weighted by Gasteiger charge is 2.42. The fourth-order valence-corrected chi connectivity index (χ4v) is 3.23. The molecular formula is C15H18N2O3. The molecule has 1 aromatic rings. The number of fused-ring (bicyclic) bond motifs is 2. The lowest BCUT2D eigenvalue weighted by Gasteiger charge is -2.19. The van der Waals surface area contributed by atoms with E-state index in [1.54, 1.807) is 24.3 Å². The molecule has 3 unspecified atom stereocenters. The molecule has 2 aliphatic heterocycles. The van der Waals surface area contributed by atoms with Crippen LogP contribution >= 0.6 is 0 Å².